The molecule has 1 fully saturated rings. The van der Waals surface area contributed by atoms with Crippen LogP contribution in [-0.2, 0) is 4.74 Å². The van der Waals surface area contributed by atoms with Crippen LogP contribution in [0.5, 0.6) is 0 Å². The first-order valence-electron chi connectivity index (χ1n) is 4.55. The Morgan fingerprint density at radius 3 is 2.55 bits per heavy atom. The summed E-state index contributed by atoms with van der Waals surface area (Å²) in [5.74, 6) is 0.688. The zero-order chi connectivity index (χ0) is 8.27. The molecule has 0 amide bonds. The van der Waals surface area contributed by atoms with Crippen molar-refractivity contribution in [3.8, 4) is 0 Å². The molecule has 2 nitrogen and oxygen atoms in total. The molecule has 1 aliphatic rings. The van der Waals surface area contributed by atoms with Gasteiger partial charge in [0, 0.05) is 6.04 Å². The fraction of sp³-hybridized carbons (Fsp3) is 1.00. The quantitative estimate of drug-likeness (QED) is 0.657. The average molecular weight is 157 g/mol. The third-order valence-corrected chi connectivity index (χ3v) is 1.84. The number of hydrogen-bond acceptors (Lipinski definition) is 2. The Labute approximate surface area is 69.1 Å². The molecule has 0 aromatic rings. The summed E-state index contributed by atoms with van der Waals surface area (Å²) in [7, 11) is 0. The van der Waals surface area contributed by atoms with Gasteiger partial charge in [0.05, 0.1) is 12.7 Å². The first-order valence-corrected chi connectivity index (χ1v) is 4.55. The molecule has 1 aliphatic carbocycles. The number of nitrogens with two attached hydrogens (primary N) is 1. The van der Waals surface area contributed by atoms with Crippen molar-refractivity contribution in [2.24, 2.45) is 11.7 Å². The smallest absolute Gasteiger partial charge is 0.0621 e. The first-order chi connectivity index (χ1) is 5.18. The van der Waals surface area contributed by atoms with E-state index in [4.69, 9.17) is 10.5 Å². The molecule has 2 heteroatoms. The Balaban J connectivity index is 1.95. The van der Waals surface area contributed by atoms with Crippen LogP contribution in [0.3, 0.4) is 0 Å². The molecule has 11 heavy (non-hydrogen) atoms. The lowest BCUT2D eigenvalue weighted by molar-refractivity contribution is 0.102. The summed E-state index contributed by atoms with van der Waals surface area (Å²) < 4.78 is 5.49. The Kier molecular flexibility index (Phi) is 3.34. The molecule has 0 radical (unpaired) electrons. The third-order valence-electron chi connectivity index (χ3n) is 1.84. The largest absolute Gasteiger partial charge is 0.377 e. The Morgan fingerprint density at radius 2 is 2.09 bits per heavy atom. The second kappa shape index (κ2) is 4.07. The molecule has 0 aliphatic heterocycles. The van der Waals surface area contributed by atoms with E-state index in [1.54, 1.807) is 0 Å². The number of ether oxygens (including phenoxy) is 1. The molecule has 66 valence electrons. The summed E-state index contributed by atoms with van der Waals surface area (Å²) >= 11 is 0. The topological polar surface area (TPSA) is 35.2 Å². The summed E-state index contributed by atoms with van der Waals surface area (Å²) in [5.41, 5.74) is 5.83. The minimum atomic E-state index is 0.246. The van der Waals surface area contributed by atoms with Gasteiger partial charge >= 0.3 is 0 Å². The first kappa shape index (κ1) is 9.01. The van der Waals surface area contributed by atoms with Crippen molar-refractivity contribution >= 4 is 0 Å². The lowest BCUT2D eigenvalue weighted by Crippen LogP contribution is -2.28. The lowest BCUT2D eigenvalue weighted by Gasteiger charge is -2.13. The summed E-state index contributed by atoms with van der Waals surface area (Å²) in [6.45, 7) is 5.14. The molecule has 0 saturated heterocycles. The average Bonchev–Trinajstić information content (AvgIpc) is 2.63. The third kappa shape index (κ3) is 4.38. The van der Waals surface area contributed by atoms with Crippen molar-refractivity contribution in [1.82, 2.24) is 0 Å². The Bertz CT molecular complexity index is 110. The maximum absolute atomic E-state index is 5.83. The highest BCUT2D eigenvalue weighted by molar-refractivity contribution is 4.74. The molecule has 0 aromatic heterocycles. The van der Waals surface area contributed by atoms with E-state index < -0.39 is 0 Å². The maximum Gasteiger partial charge on any atom is 0.0621 e. The van der Waals surface area contributed by atoms with Crippen molar-refractivity contribution in [1.29, 1.82) is 0 Å². The molecule has 2 N–H and O–H groups in total. The molecule has 0 spiro atoms. The summed E-state index contributed by atoms with van der Waals surface area (Å²) in [6.07, 6.45) is 4.11. The number of hydrogen-bond donors (Lipinski definition) is 1. The highest BCUT2D eigenvalue weighted by atomic mass is 16.5. The molecule has 0 unspecified atom stereocenters. The van der Waals surface area contributed by atoms with Crippen LogP contribution in [0.2, 0.25) is 0 Å². The lowest BCUT2D eigenvalue weighted by atomic mass is 10.1. The van der Waals surface area contributed by atoms with Gasteiger partial charge in [-0.05, 0) is 25.2 Å². The summed E-state index contributed by atoms with van der Waals surface area (Å²) in [4.78, 5) is 0. The van der Waals surface area contributed by atoms with Gasteiger partial charge in [-0.2, -0.15) is 0 Å². The highest BCUT2D eigenvalue weighted by Crippen LogP contribution is 2.23. The van der Waals surface area contributed by atoms with E-state index in [-0.39, 0.29) is 6.04 Å². The Morgan fingerprint density at radius 1 is 1.45 bits per heavy atom. The minimum absolute atomic E-state index is 0.246. The van der Waals surface area contributed by atoms with Crippen LogP contribution < -0.4 is 5.73 Å². The van der Waals surface area contributed by atoms with Gasteiger partial charge in [-0.1, -0.05) is 13.8 Å². The van der Waals surface area contributed by atoms with E-state index in [0.29, 0.717) is 12.0 Å². The van der Waals surface area contributed by atoms with Crippen LogP contribution in [0, 0.1) is 5.92 Å². The van der Waals surface area contributed by atoms with Gasteiger partial charge in [-0.25, -0.2) is 0 Å². The molecule has 0 heterocycles. The maximum atomic E-state index is 5.83. The van der Waals surface area contributed by atoms with Gasteiger partial charge in [-0.15, -0.1) is 0 Å². The summed E-state index contributed by atoms with van der Waals surface area (Å²) in [6, 6.07) is 0.246. The summed E-state index contributed by atoms with van der Waals surface area (Å²) in [5, 5.41) is 0. The van der Waals surface area contributed by atoms with E-state index in [0.717, 1.165) is 13.0 Å². The van der Waals surface area contributed by atoms with Gasteiger partial charge in [0.2, 0.25) is 0 Å². The Hall–Kier alpha value is -0.0800. The van der Waals surface area contributed by atoms with E-state index >= 15 is 0 Å². The fourth-order valence-electron chi connectivity index (χ4n) is 1.17. The second-order valence-corrected chi connectivity index (χ2v) is 3.92. The predicted molar refractivity (Wildman–Crippen MR) is 46.4 cm³/mol. The molecule has 1 atom stereocenters. The predicted octanol–water partition coefficient (Wildman–Crippen LogP) is 1.54. The van der Waals surface area contributed by atoms with Gasteiger partial charge in [-0.3, -0.25) is 0 Å². The van der Waals surface area contributed by atoms with Crippen molar-refractivity contribution < 1.29 is 4.74 Å². The van der Waals surface area contributed by atoms with E-state index in [1.165, 1.54) is 12.8 Å². The van der Waals surface area contributed by atoms with E-state index in [2.05, 4.69) is 13.8 Å². The SMILES string of the molecule is CC(C)C[C@@H](N)COC1CC1. The molecule has 0 bridgehead atoms. The standard InChI is InChI=1S/C9H19NO/c1-7(2)5-8(10)6-11-9-3-4-9/h7-9H,3-6,10H2,1-2H3/t8-/m1/s1. The van der Waals surface area contributed by atoms with Crippen LogP contribution in [0.25, 0.3) is 0 Å². The zero-order valence-electron chi connectivity index (χ0n) is 7.55. The monoisotopic (exact) mass is 157 g/mol. The van der Waals surface area contributed by atoms with Gasteiger partial charge in [0.15, 0.2) is 0 Å². The fourth-order valence-corrected chi connectivity index (χ4v) is 1.17. The van der Waals surface area contributed by atoms with Gasteiger partial charge < -0.3 is 10.5 Å². The van der Waals surface area contributed by atoms with E-state index in [9.17, 15) is 0 Å². The molecular formula is C9H19NO. The van der Waals surface area contributed by atoms with Crippen molar-refractivity contribution in [3.05, 3.63) is 0 Å². The minimum Gasteiger partial charge on any atom is -0.377 e. The molecular weight excluding hydrogens is 138 g/mol. The molecule has 1 rings (SSSR count). The van der Waals surface area contributed by atoms with Crippen LogP contribution >= 0.6 is 0 Å². The van der Waals surface area contributed by atoms with Crippen LogP contribution in [0.4, 0.5) is 0 Å². The molecule has 0 aromatic carbocycles. The van der Waals surface area contributed by atoms with E-state index in [1.807, 2.05) is 0 Å². The van der Waals surface area contributed by atoms with Gasteiger partial charge in [0.25, 0.3) is 0 Å². The zero-order valence-corrected chi connectivity index (χ0v) is 7.55. The van der Waals surface area contributed by atoms with Crippen molar-refractivity contribution in [2.75, 3.05) is 6.61 Å². The second-order valence-electron chi connectivity index (χ2n) is 3.92. The van der Waals surface area contributed by atoms with Gasteiger partial charge in [0.1, 0.15) is 0 Å². The normalized spacial score (nSPS) is 20.7. The van der Waals surface area contributed by atoms with Crippen LogP contribution in [0.15, 0.2) is 0 Å². The van der Waals surface area contributed by atoms with Crippen molar-refractivity contribution in [3.63, 3.8) is 0 Å². The highest BCUT2D eigenvalue weighted by Gasteiger charge is 2.22. The van der Waals surface area contributed by atoms with Crippen LogP contribution in [0.1, 0.15) is 33.1 Å². The van der Waals surface area contributed by atoms with Crippen LogP contribution in [-0.4, -0.2) is 18.8 Å². The number of rotatable bonds is 5. The molecule has 1 saturated carbocycles. The van der Waals surface area contributed by atoms with Crippen molar-refractivity contribution in [2.45, 2.75) is 45.3 Å².